The quantitative estimate of drug-likeness (QED) is 0.552. The lowest BCUT2D eigenvalue weighted by atomic mass is 9.95. The number of hydrogen-bond acceptors (Lipinski definition) is 4. The average molecular weight is 348 g/mol. The maximum atomic E-state index is 8.98. The second kappa shape index (κ2) is 7.22. The standard InChI is InChI=1S/C21H24N4O/c1-15(24-26)16-11-13-17(14-12-16)22-21-23-19-9-5-6-10-20(19)25(21)18-7-3-2-4-8-18/h5-6,9-14,18,24,26H,1-4,7-8H2,(H,22,23). The predicted molar refractivity (Wildman–Crippen MR) is 106 cm³/mol. The number of hydrogen-bond donors (Lipinski definition) is 3. The van der Waals surface area contributed by atoms with Crippen molar-refractivity contribution < 1.29 is 5.21 Å². The Morgan fingerprint density at radius 3 is 2.50 bits per heavy atom. The lowest BCUT2D eigenvalue weighted by Gasteiger charge is -2.25. The molecular formula is C21H24N4O. The van der Waals surface area contributed by atoms with Gasteiger partial charge in [-0.25, -0.2) is 4.98 Å². The molecule has 1 aliphatic rings. The topological polar surface area (TPSA) is 62.1 Å². The van der Waals surface area contributed by atoms with E-state index in [-0.39, 0.29) is 0 Å². The van der Waals surface area contributed by atoms with Gasteiger partial charge in [0.15, 0.2) is 0 Å². The zero-order valence-corrected chi connectivity index (χ0v) is 14.8. The van der Waals surface area contributed by atoms with Crippen molar-refractivity contribution in [2.24, 2.45) is 0 Å². The largest absolute Gasteiger partial charge is 0.326 e. The van der Waals surface area contributed by atoms with E-state index < -0.39 is 0 Å². The number of nitrogens with zero attached hydrogens (tertiary/aromatic N) is 2. The molecule has 0 bridgehead atoms. The fraction of sp³-hybridized carbons (Fsp3) is 0.286. The van der Waals surface area contributed by atoms with Crippen molar-refractivity contribution >= 4 is 28.4 Å². The summed E-state index contributed by atoms with van der Waals surface area (Å²) in [6, 6.07) is 16.6. The first-order chi connectivity index (χ1) is 12.8. The highest BCUT2D eigenvalue weighted by molar-refractivity contribution is 5.80. The van der Waals surface area contributed by atoms with Crippen molar-refractivity contribution in [3.05, 3.63) is 60.7 Å². The maximum absolute atomic E-state index is 8.98. The van der Waals surface area contributed by atoms with Gasteiger partial charge in [-0.1, -0.05) is 50.1 Å². The van der Waals surface area contributed by atoms with E-state index in [2.05, 4.69) is 40.1 Å². The average Bonchev–Trinajstić information content (AvgIpc) is 3.06. The highest BCUT2D eigenvalue weighted by Crippen LogP contribution is 2.35. The van der Waals surface area contributed by atoms with Crippen LogP contribution >= 0.6 is 0 Å². The first kappa shape index (κ1) is 16.7. The predicted octanol–water partition coefficient (Wildman–Crippen LogP) is 5.23. The first-order valence-corrected chi connectivity index (χ1v) is 9.20. The van der Waals surface area contributed by atoms with Crippen LogP contribution in [0.15, 0.2) is 55.1 Å². The Balaban J connectivity index is 1.68. The molecule has 26 heavy (non-hydrogen) atoms. The van der Waals surface area contributed by atoms with Gasteiger partial charge in [0.05, 0.1) is 16.7 Å². The monoisotopic (exact) mass is 348 g/mol. The minimum absolute atomic E-state index is 0.478. The molecule has 0 spiro atoms. The van der Waals surface area contributed by atoms with Gasteiger partial charge in [-0.2, -0.15) is 0 Å². The van der Waals surface area contributed by atoms with Crippen molar-refractivity contribution in [3.8, 4) is 0 Å². The number of aromatic nitrogens is 2. The molecule has 1 fully saturated rings. The number of hydroxylamine groups is 1. The second-order valence-corrected chi connectivity index (χ2v) is 6.88. The first-order valence-electron chi connectivity index (χ1n) is 9.20. The molecule has 1 aromatic heterocycles. The number of para-hydroxylation sites is 2. The van der Waals surface area contributed by atoms with Crippen LogP contribution in [-0.2, 0) is 0 Å². The maximum Gasteiger partial charge on any atom is 0.208 e. The van der Waals surface area contributed by atoms with Crippen LogP contribution in [0.3, 0.4) is 0 Å². The normalized spacial score (nSPS) is 15.1. The number of benzene rings is 2. The number of imidazole rings is 1. The molecule has 5 nitrogen and oxygen atoms in total. The Morgan fingerprint density at radius 1 is 1.04 bits per heavy atom. The lowest BCUT2D eigenvalue weighted by molar-refractivity contribution is 0.225. The number of fused-ring (bicyclic) bond motifs is 1. The summed E-state index contributed by atoms with van der Waals surface area (Å²) >= 11 is 0. The fourth-order valence-electron chi connectivity index (χ4n) is 3.79. The summed E-state index contributed by atoms with van der Waals surface area (Å²) in [6.07, 6.45) is 6.30. The Labute approximate surface area is 153 Å². The fourth-order valence-corrected chi connectivity index (χ4v) is 3.79. The van der Waals surface area contributed by atoms with Crippen LogP contribution < -0.4 is 10.8 Å². The minimum Gasteiger partial charge on any atom is -0.326 e. The van der Waals surface area contributed by atoms with E-state index in [9.17, 15) is 0 Å². The van der Waals surface area contributed by atoms with E-state index in [0.717, 1.165) is 22.7 Å². The summed E-state index contributed by atoms with van der Waals surface area (Å²) in [6.45, 7) is 3.76. The van der Waals surface area contributed by atoms with Gasteiger partial charge in [0.1, 0.15) is 0 Å². The van der Waals surface area contributed by atoms with E-state index in [0.29, 0.717) is 11.7 Å². The van der Waals surface area contributed by atoms with Gasteiger partial charge in [0, 0.05) is 11.7 Å². The van der Waals surface area contributed by atoms with Crippen molar-refractivity contribution in [2.75, 3.05) is 5.32 Å². The van der Waals surface area contributed by atoms with Gasteiger partial charge in [-0.05, 0) is 42.7 Å². The summed E-state index contributed by atoms with van der Waals surface area (Å²) in [5, 5.41) is 12.5. The second-order valence-electron chi connectivity index (χ2n) is 6.88. The van der Waals surface area contributed by atoms with Gasteiger partial charge in [-0.3, -0.25) is 10.7 Å². The molecule has 0 amide bonds. The van der Waals surface area contributed by atoms with Gasteiger partial charge in [0.25, 0.3) is 0 Å². The summed E-state index contributed by atoms with van der Waals surface area (Å²) in [7, 11) is 0. The van der Waals surface area contributed by atoms with Crippen LogP contribution in [0.4, 0.5) is 11.6 Å². The summed E-state index contributed by atoms with van der Waals surface area (Å²) < 4.78 is 2.37. The molecule has 0 unspecified atom stereocenters. The van der Waals surface area contributed by atoms with Crippen LogP contribution in [0.5, 0.6) is 0 Å². The molecule has 0 saturated heterocycles. The molecule has 0 aliphatic heterocycles. The van der Waals surface area contributed by atoms with Gasteiger partial charge in [0.2, 0.25) is 5.95 Å². The molecule has 4 rings (SSSR count). The zero-order valence-electron chi connectivity index (χ0n) is 14.8. The van der Waals surface area contributed by atoms with Crippen LogP contribution in [-0.4, -0.2) is 14.8 Å². The van der Waals surface area contributed by atoms with Crippen LogP contribution in [0, 0.1) is 0 Å². The summed E-state index contributed by atoms with van der Waals surface area (Å²) in [4.78, 5) is 4.84. The van der Waals surface area contributed by atoms with E-state index in [1.807, 2.05) is 30.3 Å². The molecule has 1 saturated carbocycles. The number of nitrogens with one attached hydrogen (secondary N) is 2. The van der Waals surface area contributed by atoms with E-state index in [1.165, 1.54) is 37.6 Å². The number of anilines is 2. The van der Waals surface area contributed by atoms with E-state index in [1.54, 1.807) is 0 Å². The molecule has 3 aromatic rings. The van der Waals surface area contributed by atoms with Crippen molar-refractivity contribution in [1.29, 1.82) is 0 Å². The summed E-state index contributed by atoms with van der Waals surface area (Å²) in [5.41, 5.74) is 6.59. The third-order valence-electron chi connectivity index (χ3n) is 5.16. The SMILES string of the molecule is C=C(NO)c1ccc(Nc2nc3ccccc3n2C2CCCCC2)cc1. The van der Waals surface area contributed by atoms with E-state index >= 15 is 0 Å². The molecule has 1 aliphatic carbocycles. The van der Waals surface area contributed by atoms with Crippen molar-refractivity contribution in [1.82, 2.24) is 15.0 Å². The molecule has 3 N–H and O–H groups in total. The molecule has 2 aromatic carbocycles. The van der Waals surface area contributed by atoms with Crippen molar-refractivity contribution in [3.63, 3.8) is 0 Å². The van der Waals surface area contributed by atoms with Crippen molar-refractivity contribution in [2.45, 2.75) is 38.1 Å². The minimum atomic E-state index is 0.478. The number of rotatable bonds is 5. The van der Waals surface area contributed by atoms with Gasteiger partial charge >= 0.3 is 0 Å². The molecule has 134 valence electrons. The highest BCUT2D eigenvalue weighted by atomic mass is 16.5. The Morgan fingerprint density at radius 2 is 1.77 bits per heavy atom. The third-order valence-corrected chi connectivity index (χ3v) is 5.16. The molecular weight excluding hydrogens is 324 g/mol. The molecule has 1 heterocycles. The van der Waals surface area contributed by atoms with E-state index in [4.69, 9.17) is 10.2 Å². The third kappa shape index (κ3) is 3.18. The van der Waals surface area contributed by atoms with Crippen LogP contribution in [0.1, 0.15) is 43.7 Å². The molecule has 0 atom stereocenters. The van der Waals surface area contributed by atoms with Gasteiger partial charge in [-0.15, -0.1) is 0 Å². The Hall–Kier alpha value is -2.79. The van der Waals surface area contributed by atoms with Crippen LogP contribution in [0.2, 0.25) is 0 Å². The smallest absolute Gasteiger partial charge is 0.208 e. The highest BCUT2D eigenvalue weighted by Gasteiger charge is 2.21. The molecule has 0 radical (unpaired) electrons. The lowest BCUT2D eigenvalue weighted by Crippen LogP contribution is -2.15. The summed E-state index contributed by atoms with van der Waals surface area (Å²) in [5.74, 6) is 0.893. The molecule has 5 heteroatoms. The Bertz CT molecular complexity index is 907. The zero-order chi connectivity index (χ0) is 17.9. The Kier molecular flexibility index (Phi) is 4.63. The van der Waals surface area contributed by atoms with Gasteiger partial charge < -0.3 is 9.88 Å². The van der Waals surface area contributed by atoms with Crippen LogP contribution in [0.25, 0.3) is 16.7 Å².